The van der Waals surface area contributed by atoms with Crippen molar-refractivity contribution in [3.8, 4) is 22.9 Å². The van der Waals surface area contributed by atoms with Gasteiger partial charge < -0.3 is 14.2 Å². The number of anilines is 1. The molecule has 9 heteroatoms. The van der Waals surface area contributed by atoms with Gasteiger partial charge in [0.25, 0.3) is 5.88 Å². The lowest BCUT2D eigenvalue weighted by molar-refractivity contribution is -0.0236. The molecule has 0 unspecified atom stereocenters. The number of rotatable bonds is 6. The molecule has 1 aliphatic heterocycles. The molecule has 2 aliphatic rings. The van der Waals surface area contributed by atoms with E-state index in [1.165, 1.54) is 20.0 Å². The Kier molecular flexibility index (Phi) is 6.34. The number of nitrogens with one attached hydrogen (secondary N) is 1. The number of hydrogen-bond acceptors (Lipinski definition) is 7. The predicted octanol–water partition coefficient (Wildman–Crippen LogP) is 3.64. The van der Waals surface area contributed by atoms with Crippen LogP contribution in [0.5, 0.6) is 11.6 Å². The minimum atomic E-state index is -3.48. The normalized spacial score (nSPS) is 19.2. The van der Waals surface area contributed by atoms with Gasteiger partial charge in [0.2, 0.25) is 10.0 Å². The fourth-order valence-corrected chi connectivity index (χ4v) is 5.04. The van der Waals surface area contributed by atoms with Crippen molar-refractivity contribution in [2.24, 2.45) is 5.41 Å². The number of sulfonamides is 1. The first kappa shape index (κ1) is 21.8. The highest BCUT2D eigenvalue weighted by atomic mass is 32.2. The summed E-state index contributed by atoms with van der Waals surface area (Å²) in [5.41, 5.74) is 2.01. The van der Waals surface area contributed by atoms with Gasteiger partial charge in [-0.3, -0.25) is 4.72 Å². The Morgan fingerprint density at radius 1 is 1.10 bits per heavy atom. The van der Waals surface area contributed by atoms with Gasteiger partial charge >= 0.3 is 0 Å². The third-order valence-electron chi connectivity index (χ3n) is 6.23. The fraction of sp³-hybridized carbons (Fsp3) is 0.545. The molecular formula is C22H29N3O5S. The number of methoxy groups -OCH3 is 1. The average molecular weight is 448 g/mol. The van der Waals surface area contributed by atoms with Crippen LogP contribution in [-0.4, -0.2) is 51.3 Å². The maximum absolute atomic E-state index is 11.7. The van der Waals surface area contributed by atoms with Gasteiger partial charge in [0.05, 0.1) is 25.2 Å². The molecule has 1 aromatic carbocycles. The Morgan fingerprint density at radius 3 is 2.52 bits per heavy atom. The van der Waals surface area contributed by atoms with E-state index in [4.69, 9.17) is 14.2 Å². The monoisotopic (exact) mass is 447 g/mol. The third kappa shape index (κ3) is 5.46. The summed E-state index contributed by atoms with van der Waals surface area (Å²) < 4.78 is 42.7. The molecule has 1 N–H and O–H groups in total. The van der Waals surface area contributed by atoms with E-state index in [1.54, 1.807) is 6.07 Å². The summed E-state index contributed by atoms with van der Waals surface area (Å²) in [6.07, 6.45) is 8.08. The molecule has 1 saturated heterocycles. The van der Waals surface area contributed by atoms with Crippen molar-refractivity contribution in [1.29, 1.82) is 0 Å². The molecule has 1 aromatic heterocycles. The first-order valence-electron chi connectivity index (χ1n) is 10.6. The Morgan fingerprint density at radius 2 is 1.84 bits per heavy atom. The van der Waals surface area contributed by atoms with Crippen LogP contribution < -0.4 is 14.2 Å². The SMILES string of the molecule is COc1nnc(-c2cccc(OC3CCC4(CCOCC4)CC3)c2)cc1NS(C)(=O)=O. The molecule has 8 nitrogen and oxygen atoms in total. The Hall–Kier alpha value is -2.39. The Balaban J connectivity index is 1.47. The van der Waals surface area contributed by atoms with Crippen LogP contribution >= 0.6 is 0 Å². The largest absolute Gasteiger partial charge is 0.490 e. The van der Waals surface area contributed by atoms with E-state index in [0.29, 0.717) is 11.1 Å². The number of benzene rings is 1. The zero-order valence-electron chi connectivity index (χ0n) is 18.0. The lowest BCUT2D eigenvalue weighted by atomic mass is 9.68. The van der Waals surface area contributed by atoms with Crippen molar-refractivity contribution in [2.75, 3.05) is 31.3 Å². The summed E-state index contributed by atoms with van der Waals surface area (Å²) in [6, 6.07) is 9.27. The van der Waals surface area contributed by atoms with Gasteiger partial charge in [-0.05, 0) is 62.1 Å². The van der Waals surface area contributed by atoms with E-state index >= 15 is 0 Å². The maximum atomic E-state index is 11.7. The summed E-state index contributed by atoms with van der Waals surface area (Å²) in [6.45, 7) is 1.76. The lowest BCUT2D eigenvalue weighted by Gasteiger charge is -2.42. The third-order valence-corrected chi connectivity index (χ3v) is 6.82. The standard InChI is InChI=1S/C22H29N3O5S/c1-28-21-20(25-31(2,26)27)15-19(23-24-21)16-4-3-5-18(14-16)30-17-6-8-22(9-7-17)10-12-29-13-11-22/h3-5,14-15,17H,6-13H2,1-2H3,(H,23,25). The van der Waals surface area contributed by atoms with Crippen LogP contribution in [-0.2, 0) is 14.8 Å². The number of aromatic nitrogens is 2. The molecule has 1 saturated carbocycles. The second kappa shape index (κ2) is 9.00. The molecule has 31 heavy (non-hydrogen) atoms. The topological polar surface area (TPSA) is 99.6 Å². The number of nitrogens with zero attached hydrogens (tertiary/aromatic N) is 2. The zero-order valence-corrected chi connectivity index (χ0v) is 18.8. The molecule has 1 aliphatic carbocycles. The first-order chi connectivity index (χ1) is 14.9. The van der Waals surface area contributed by atoms with Crippen LogP contribution in [0.4, 0.5) is 5.69 Å². The van der Waals surface area contributed by atoms with Crippen LogP contribution in [0.3, 0.4) is 0 Å². The summed E-state index contributed by atoms with van der Waals surface area (Å²) in [5, 5.41) is 8.18. The fourth-order valence-electron chi connectivity index (χ4n) is 4.49. The summed E-state index contributed by atoms with van der Waals surface area (Å²) in [7, 11) is -2.06. The van der Waals surface area contributed by atoms with Gasteiger partial charge in [0.15, 0.2) is 0 Å². The molecule has 2 aromatic rings. The highest BCUT2D eigenvalue weighted by molar-refractivity contribution is 7.92. The lowest BCUT2D eigenvalue weighted by Crippen LogP contribution is -2.36. The van der Waals surface area contributed by atoms with E-state index in [0.717, 1.165) is 56.5 Å². The van der Waals surface area contributed by atoms with Gasteiger partial charge in [-0.15, -0.1) is 10.2 Å². The molecule has 0 amide bonds. The highest BCUT2D eigenvalue weighted by Crippen LogP contribution is 2.45. The van der Waals surface area contributed by atoms with Crippen molar-refractivity contribution < 1.29 is 22.6 Å². The summed E-state index contributed by atoms with van der Waals surface area (Å²) in [5.74, 6) is 0.895. The molecule has 2 fully saturated rings. The van der Waals surface area contributed by atoms with Crippen molar-refractivity contribution in [3.63, 3.8) is 0 Å². The molecule has 2 heterocycles. The number of hydrogen-bond donors (Lipinski definition) is 1. The highest BCUT2D eigenvalue weighted by Gasteiger charge is 2.37. The average Bonchev–Trinajstić information content (AvgIpc) is 2.75. The van der Waals surface area contributed by atoms with Crippen LogP contribution in [0.1, 0.15) is 38.5 Å². The minimum Gasteiger partial charge on any atom is -0.490 e. The smallest absolute Gasteiger partial charge is 0.257 e. The summed E-state index contributed by atoms with van der Waals surface area (Å²) in [4.78, 5) is 0. The van der Waals surface area contributed by atoms with Crippen molar-refractivity contribution >= 4 is 15.7 Å². The van der Waals surface area contributed by atoms with Crippen molar-refractivity contribution in [2.45, 2.75) is 44.6 Å². The first-order valence-corrected chi connectivity index (χ1v) is 12.5. The molecule has 0 bridgehead atoms. The molecule has 0 atom stereocenters. The van der Waals surface area contributed by atoms with Gasteiger partial charge in [0, 0.05) is 18.8 Å². The second-order valence-electron chi connectivity index (χ2n) is 8.48. The van der Waals surface area contributed by atoms with Gasteiger partial charge in [-0.1, -0.05) is 12.1 Å². The van der Waals surface area contributed by atoms with E-state index in [2.05, 4.69) is 14.9 Å². The van der Waals surface area contributed by atoms with Gasteiger partial charge in [-0.2, -0.15) is 0 Å². The zero-order chi connectivity index (χ0) is 21.9. The van der Waals surface area contributed by atoms with Crippen LogP contribution in [0, 0.1) is 5.41 Å². The van der Waals surface area contributed by atoms with Gasteiger partial charge in [-0.25, -0.2) is 8.42 Å². The quantitative estimate of drug-likeness (QED) is 0.722. The van der Waals surface area contributed by atoms with E-state index in [-0.39, 0.29) is 17.7 Å². The molecule has 168 valence electrons. The van der Waals surface area contributed by atoms with Gasteiger partial charge in [0.1, 0.15) is 11.4 Å². The second-order valence-corrected chi connectivity index (χ2v) is 10.2. The van der Waals surface area contributed by atoms with E-state index < -0.39 is 10.0 Å². The molecule has 4 rings (SSSR count). The predicted molar refractivity (Wildman–Crippen MR) is 118 cm³/mol. The Labute approximate surface area is 183 Å². The summed E-state index contributed by atoms with van der Waals surface area (Å²) >= 11 is 0. The molecule has 0 radical (unpaired) electrons. The molecular weight excluding hydrogens is 418 g/mol. The van der Waals surface area contributed by atoms with Crippen molar-refractivity contribution in [3.05, 3.63) is 30.3 Å². The van der Waals surface area contributed by atoms with Crippen LogP contribution in [0.2, 0.25) is 0 Å². The van der Waals surface area contributed by atoms with E-state index in [1.807, 2.05) is 24.3 Å². The van der Waals surface area contributed by atoms with E-state index in [9.17, 15) is 8.42 Å². The van der Waals surface area contributed by atoms with Crippen LogP contribution in [0.15, 0.2) is 30.3 Å². The maximum Gasteiger partial charge on any atom is 0.257 e. The number of ether oxygens (including phenoxy) is 3. The van der Waals surface area contributed by atoms with Crippen molar-refractivity contribution in [1.82, 2.24) is 10.2 Å². The Bertz CT molecular complexity index is 1010. The molecule has 1 spiro atoms. The minimum absolute atomic E-state index is 0.117. The van der Waals surface area contributed by atoms with Crippen LogP contribution in [0.25, 0.3) is 11.3 Å².